The molecule has 1 aromatic heterocycles. The van der Waals surface area contributed by atoms with Crippen LogP contribution in [0.5, 0.6) is 5.75 Å². The maximum absolute atomic E-state index is 13.8. The number of rotatable bonds is 7. The molecule has 7 nitrogen and oxygen atoms in total. The van der Waals surface area contributed by atoms with E-state index in [2.05, 4.69) is 10.4 Å². The molecular formula is C22H18Cl2F3N3O4. The Bertz CT molecular complexity index is 1260. The second kappa shape index (κ2) is 9.94. The number of hydrogen-bond donors (Lipinski definition) is 2. The Morgan fingerprint density at radius 3 is 2.38 bits per heavy atom. The molecule has 12 heteroatoms. The minimum absolute atomic E-state index is 0.0527. The van der Waals surface area contributed by atoms with E-state index in [1.54, 1.807) is 6.07 Å². The third kappa shape index (κ3) is 5.45. The number of carbonyl (C=O) groups excluding carboxylic acids is 1. The second-order valence-corrected chi connectivity index (χ2v) is 8.05. The second-order valence-electron chi connectivity index (χ2n) is 7.24. The van der Waals surface area contributed by atoms with E-state index in [0.717, 1.165) is 7.05 Å². The fourth-order valence-electron chi connectivity index (χ4n) is 3.40. The van der Waals surface area contributed by atoms with E-state index < -0.39 is 29.3 Å². The third-order valence-corrected chi connectivity index (χ3v) is 5.66. The number of halogens is 5. The van der Waals surface area contributed by atoms with E-state index in [9.17, 15) is 22.8 Å². The Labute approximate surface area is 202 Å². The lowest BCUT2D eigenvalue weighted by atomic mass is 10.0. The van der Waals surface area contributed by atoms with Gasteiger partial charge in [0.1, 0.15) is 11.3 Å². The predicted octanol–water partition coefficient (Wildman–Crippen LogP) is 4.97. The van der Waals surface area contributed by atoms with Gasteiger partial charge in [-0.1, -0.05) is 35.3 Å². The van der Waals surface area contributed by atoms with Gasteiger partial charge in [0, 0.05) is 20.0 Å². The molecule has 3 rings (SSSR count). The van der Waals surface area contributed by atoms with Crippen molar-refractivity contribution in [3.05, 3.63) is 80.1 Å². The zero-order valence-corrected chi connectivity index (χ0v) is 19.3. The Morgan fingerprint density at radius 1 is 1.12 bits per heavy atom. The maximum Gasteiger partial charge on any atom is 0.433 e. The van der Waals surface area contributed by atoms with Gasteiger partial charge in [-0.15, -0.1) is 0 Å². The van der Waals surface area contributed by atoms with Crippen molar-refractivity contribution in [3.63, 3.8) is 0 Å². The molecule has 0 aliphatic rings. The van der Waals surface area contributed by atoms with Crippen LogP contribution in [-0.2, 0) is 26.2 Å². The molecule has 180 valence electrons. The largest absolute Gasteiger partial charge is 0.496 e. The molecule has 0 saturated carbocycles. The predicted molar refractivity (Wildman–Crippen MR) is 119 cm³/mol. The van der Waals surface area contributed by atoms with E-state index in [1.807, 2.05) is 0 Å². The molecule has 0 radical (unpaired) electrons. The smallest absolute Gasteiger partial charge is 0.433 e. The van der Waals surface area contributed by atoms with Gasteiger partial charge in [-0.05, 0) is 35.4 Å². The number of nitrogens with zero attached hydrogens (tertiary/aromatic N) is 2. The van der Waals surface area contributed by atoms with E-state index >= 15 is 0 Å². The summed E-state index contributed by atoms with van der Waals surface area (Å²) in [6, 6.07) is 8.66. The van der Waals surface area contributed by atoms with Crippen molar-refractivity contribution in [3.8, 4) is 5.75 Å². The summed E-state index contributed by atoms with van der Waals surface area (Å²) in [7, 11) is 2.39. The number of carboxylic acids is 1. The number of methoxy groups -OCH3 is 1. The molecular weight excluding hydrogens is 498 g/mol. The average Bonchev–Trinajstić information content (AvgIpc) is 3.10. The monoisotopic (exact) mass is 515 g/mol. The summed E-state index contributed by atoms with van der Waals surface area (Å²) in [6.07, 6.45) is -4.93. The first kappa shape index (κ1) is 25.4. The number of nitrogens with one attached hydrogen (secondary N) is 1. The highest BCUT2D eigenvalue weighted by atomic mass is 35.5. The molecule has 0 saturated heterocycles. The maximum atomic E-state index is 13.8. The van der Waals surface area contributed by atoms with Crippen molar-refractivity contribution in [1.82, 2.24) is 15.1 Å². The quantitative estimate of drug-likeness (QED) is 0.463. The molecule has 0 bridgehead atoms. The molecule has 0 fully saturated rings. The highest BCUT2D eigenvalue weighted by molar-refractivity contribution is 6.42. The minimum Gasteiger partial charge on any atom is -0.496 e. The van der Waals surface area contributed by atoms with Crippen LogP contribution < -0.4 is 10.1 Å². The summed E-state index contributed by atoms with van der Waals surface area (Å²) in [5, 5.41) is 16.0. The average molecular weight is 516 g/mol. The molecule has 2 N–H and O–H groups in total. The molecule has 2 aromatic carbocycles. The van der Waals surface area contributed by atoms with Gasteiger partial charge in [-0.25, -0.2) is 4.79 Å². The number of aromatic nitrogens is 2. The number of hydrogen-bond acceptors (Lipinski definition) is 4. The lowest BCUT2D eigenvalue weighted by Crippen LogP contribution is -2.27. The molecule has 34 heavy (non-hydrogen) atoms. The Balaban J connectivity index is 1.93. The van der Waals surface area contributed by atoms with Gasteiger partial charge in [0.05, 0.1) is 28.4 Å². The minimum atomic E-state index is -4.84. The highest BCUT2D eigenvalue weighted by Gasteiger charge is 2.41. The van der Waals surface area contributed by atoms with E-state index in [1.165, 1.54) is 37.4 Å². The van der Waals surface area contributed by atoms with Gasteiger partial charge >= 0.3 is 12.1 Å². The molecule has 1 amide bonds. The van der Waals surface area contributed by atoms with Crippen LogP contribution in [0.1, 0.15) is 43.2 Å². The topological polar surface area (TPSA) is 93.5 Å². The van der Waals surface area contributed by atoms with Crippen LogP contribution in [0, 0.1) is 0 Å². The first-order valence-corrected chi connectivity index (χ1v) is 10.4. The molecule has 3 aromatic rings. The number of amides is 1. The number of carboxylic acid groups (broad SMARTS) is 1. The Kier molecular flexibility index (Phi) is 7.42. The van der Waals surface area contributed by atoms with Gasteiger partial charge in [-0.3, -0.25) is 9.48 Å². The van der Waals surface area contributed by atoms with Crippen LogP contribution in [0.25, 0.3) is 0 Å². The summed E-state index contributed by atoms with van der Waals surface area (Å²) in [4.78, 5) is 24.1. The van der Waals surface area contributed by atoms with E-state index in [0.29, 0.717) is 15.8 Å². The standard InChI is InChI=1S/C22H18Cl2F3N3O4/c1-30-19(22(25,26)27)18(16(29-30)8-11-4-6-14(23)15(24)7-11)20(31)28-10-12-3-5-13(21(32)33)17(9-12)34-2/h3-7,9H,8,10H2,1-2H3,(H,28,31)(H,32,33). The molecule has 0 aliphatic carbocycles. The Morgan fingerprint density at radius 2 is 1.79 bits per heavy atom. The molecule has 0 unspecified atom stereocenters. The van der Waals surface area contributed by atoms with Crippen molar-refractivity contribution in [1.29, 1.82) is 0 Å². The lowest BCUT2D eigenvalue weighted by molar-refractivity contribution is -0.144. The van der Waals surface area contributed by atoms with Crippen LogP contribution in [-0.4, -0.2) is 33.9 Å². The number of alkyl halides is 3. The Hall–Kier alpha value is -3.24. The van der Waals surface area contributed by atoms with Crippen LogP contribution in [0.3, 0.4) is 0 Å². The summed E-state index contributed by atoms with van der Waals surface area (Å²) >= 11 is 11.9. The summed E-state index contributed by atoms with van der Waals surface area (Å²) in [6.45, 7) is -0.173. The number of benzene rings is 2. The molecule has 0 spiro atoms. The third-order valence-electron chi connectivity index (χ3n) is 4.92. The fourth-order valence-corrected chi connectivity index (χ4v) is 3.72. The van der Waals surface area contributed by atoms with Crippen molar-refractivity contribution in [2.75, 3.05) is 7.11 Å². The molecule has 0 aliphatic heterocycles. The van der Waals surface area contributed by atoms with Gasteiger partial charge < -0.3 is 15.2 Å². The van der Waals surface area contributed by atoms with Crippen LogP contribution >= 0.6 is 23.2 Å². The zero-order chi connectivity index (χ0) is 25.2. The normalized spacial score (nSPS) is 11.4. The van der Waals surface area contributed by atoms with Gasteiger partial charge in [0.25, 0.3) is 5.91 Å². The number of aryl methyl sites for hydroxylation is 1. The highest BCUT2D eigenvalue weighted by Crippen LogP contribution is 2.34. The van der Waals surface area contributed by atoms with E-state index in [4.69, 9.17) is 33.0 Å². The number of carbonyl (C=O) groups is 2. The van der Waals surface area contributed by atoms with Crippen molar-refractivity contribution >= 4 is 35.1 Å². The first-order valence-electron chi connectivity index (χ1n) is 9.67. The fraction of sp³-hybridized carbons (Fsp3) is 0.227. The number of ether oxygens (including phenoxy) is 1. The number of aromatic carboxylic acids is 1. The molecule has 0 atom stereocenters. The van der Waals surface area contributed by atoms with Crippen LogP contribution in [0.4, 0.5) is 13.2 Å². The summed E-state index contributed by atoms with van der Waals surface area (Å²) < 4.78 is 47.0. The van der Waals surface area contributed by atoms with Crippen molar-refractivity contribution in [2.24, 2.45) is 7.05 Å². The van der Waals surface area contributed by atoms with Gasteiger partial charge in [0.15, 0.2) is 5.69 Å². The van der Waals surface area contributed by atoms with Gasteiger partial charge in [-0.2, -0.15) is 18.3 Å². The first-order chi connectivity index (χ1) is 15.9. The summed E-state index contributed by atoms with van der Waals surface area (Å²) in [5.74, 6) is -2.14. The van der Waals surface area contributed by atoms with Crippen molar-refractivity contribution < 1.29 is 32.6 Å². The zero-order valence-electron chi connectivity index (χ0n) is 17.8. The van der Waals surface area contributed by atoms with Crippen molar-refractivity contribution in [2.45, 2.75) is 19.1 Å². The molecule has 1 heterocycles. The SMILES string of the molecule is COc1cc(CNC(=O)c2c(Cc3ccc(Cl)c(Cl)c3)nn(C)c2C(F)(F)F)ccc1C(=O)O. The van der Waals surface area contributed by atoms with E-state index in [-0.39, 0.29) is 40.0 Å². The van der Waals surface area contributed by atoms with Crippen LogP contribution in [0.15, 0.2) is 36.4 Å². The van der Waals surface area contributed by atoms with Gasteiger partial charge in [0.2, 0.25) is 0 Å². The van der Waals surface area contributed by atoms with Crippen LogP contribution in [0.2, 0.25) is 10.0 Å². The summed E-state index contributed by atoms with van der Waals surface area (Å²) in [5.41, 5.74) is -1.05. The lowest BCUT2D eigenvalue weighted by Gasteiger charge is -2.12.